The lowest BCUT2D eigenvalue weighted by Crippen LogP contribution is -2.14. The van der Waals surface area contributed by atoms with Gasteiger partial charge in [-0.2, -0.15) is 0 Å². The summed E-state index contributed by atoms with van der Waals surface area (Å²) in [5.74, 6) is 0.0938. The van der Waals surface area contributed by atoms with Crippen LogP contribution < -0.4 is 5.32 Å². The number of para-hydroxylation sites is 1. The molecule has 0 fully saturated rings. The number of benzene rings is 1. The highest BCUT2D eigenvalue weighted by Gasteiger charge is 2.12. The standard InChI is InChI=1S/C15H11ClN4O/c1-9-6-11(10-4-2-3-5-12(10)19-9)15(21)20-14-8-17-13(16)7-18-14/h2-8H,1H3,(H,18,20,21). The Morgan fingerprint density at radius 1 is 1.19 bits per heavy atom. The Morgan fingerprint density at radius 2 is 2.00 bits per heavy atom. The minimum absolute atomic E-state index is 0.256. The minimum Gasteiger partial charge on any atom is -0.305 e. The summed E-state index contributed by atoms with van der Waals surface area (Å²) in [5.41, 5.74) is 2.11. The van der Waals surface area contributed by atoms with E-state index in [9.17, 15) is 4.79 Å². The number of carbonyl (C=O) groups excluding carboxylic acids is 1. The normalized spacial score (nSPS) is 10.6. The van der Waals surface area contributed by atoms with Gasteiger partial charge < -0.3 is 5.32 Å². The van der Waals surface area contributed by atoms with Crippen LogP contribution in [0.1, 0.15) is 16.1 Å². The zero-order chi connectivity index (χ0) is 14.8. The molecule has 0 spiro atoms. The molecule has 0 aliphatic rings. The second-order valence-corrected chi connectivity index (χ2v) is 4.89. The molecular weight excluding hydrogens is 288 g/mol. The number of pyridine rings is 1. The number of hydrogen-bond donors (Lipinski definition) is 1. The first-order chi connectivity index (χ1) is 10.1. The summed E-state index contributed by atoms with van der Waals surface area (Å²) < 4.78 is 0. The fourth-order valence-corrected chi connectivity index (χ4v) is 2.15. The van der Waals surface area contributed by atoms with Crippen LogP contribution in [0.2, 0.25) is 5.15 Å². The summed E-state index contributed by atoms with van der Waals surface area (Å²) in [6.07, 6.45) is 2.80. The molecule has 2 aromatic heterocycles. The van der Waals surface area contributed by atoms with Crippen LogP contribution in [0.3, 0.4) is 0 Å². The Bertz CT molecular complexity index is 818. The van der Waals surface area contributed by atoms with Crippen LogP contribution in [0.4, 0.5) is 5.82 Å². The number of nitrogens with zero attached hydrogens (tertiary/aromatic N) is 3. The van der Waals surface area contributed by atoms with E-state index >= 15 is 0 Å². The molecule has 0 saturated carbocycles. The molecule has 5 nitrogen and oxygen atoms in total. The van der Waals surface area contributed by atoms with Crippen molar-refractivity contribution >= 4 is 34.2 Å². The van der Waals surface area contributed by atoms with Crippen molar-refractivity contribution in [1.82, 2.24) is 15.0 Å². The molecule has 6 heteroatoms. The Hall–Kier alpha value is -2.53. The molecule has 0 aliphatic carbocycles. The van der Waals surface area contributed by atoms with Crippen molar-refractivity contribution in [1.29, 1.82) is 0 Å². The third kappa shape index (κ3) is 2.83. The number of amides is 1. The molecular formula is C15H11ClN4O. The van der Waals surface area contributed by atoms with Crippen molar-refractivity contribution in [2.24, 2.45) is 0 Å². The van der Waals surface area contributed by atoms with Gasteiger partial charge in [0.1, 0.15) is 5.15 Å². The predicted octanol–water partition coefficient (Wildman–Crippen LogP) is 3.24. The topological polar surface area (TPSA) is 67.8 Å². The summed E-state index contributed by atoms with van der Waals surface area (Å²) in [6, 6.07) is 9.26. The van der Waals surface area contributed by atoms with Gasteiger partial charge in [-0.3, -0.25) is 9.78 Å². The average Bonchev–Trinajstić information content (AvgIpc) is 2.48. The van der Waals surface area contributed by atoms with E-state index in [-0.39, 0.29) is 11.1 Å². The van der Waals surface area contributed by atoms with Gasteiger partial charge in [-0.05, 0) is 19.1 Å². The maximum absolute atomic E-state index is 12.4. The SMILES string of the molecule is Cc1cc(C(=O)Nc2cnc(Cl)cn2)c2ccccc2n1. The van der Waals surface area contributed by atoms with Gasteiger partial charge in [0, 0.05) is 11.1 Å². The Kier molecular flexibility index (Phi) is 3.50. The van der Waals surface area contributed by atoms with Crippen molar-refractivity contribution in [2.75, 3.05) is 5.32 Å². The lowest BCUT2D eigenvalue weighted by molar-refractivity contribution is 0.102. The molecule has 21 heavy (non-hydrogen) atoms. The van der Waals surface area contributed by atoms with Gasteiger partial charge in [0.2, 0.25) is 0 Å². The van der Waals surface area contributed by atoms with Gasteiger partial charge in [-0.15, -0.1) is 0 Å². The maximum atomic E-state index is 12.4. The second-order valence-electron chi connectivity index (χ2n) is 4.51. The Labute approximate surface area is 126 Å². The lowest BCUT2D eigenvalue weighted by Gasteiger charge is -2.08. The second kappa shape index (κ2) is 5.46. The number of carbonyl (C=O) groups is 1. The molecule has 3 rings (SSSR count). The monoisotopic (exact) mass is 298 g/mol. The van der Waals surface area contributed by atoms with Crippen molar-refractivity contribution in [3.05, 3.63) is 59.1 Å². The Morgan fingerprint density at radius 3 is 2.76 bits per heavy atom. The number of nitrogens with one attached hydrogen (secondary N) is 1. The van der Waals surface area contributed by atoms with Crippen LogP contribution in [-0.2, 0) is 0 Å². The molecule has 3 aromatic rings. The maximum Gasteiger partial charge on any atom is 0.257 e. The molecule has 104 valence electrons. The fraction of sp³-hybridized carbons (Fsp3) is 0.0667. The smallest absolute Gasteiger partial charge is 0.257 e. The first-order valence-corrected chi connectivity index (χ1v) is 6.66. The van der Waals surface area contributed by atoms with Crippen molar-refractivity contribution < 1.29 is 4.79 Å². The van der Waals surface area contributed by atoms with Crippen LogP contribution in [-0.4, -0.2) is 20.9 Å². The van der Waals surface area contributed by atoms with Crippen LogP contribution in [0.5, 0.6) is 0 Å². The third-order valence-electron chi connectivity index (χ3n) is 2.95. The van der Waals surface area contributed by atoms with Crippen molar-refractivity contribution in [2.45, 2.75) is 6.92 Å². The van der Waals surface area contributed by atoms with Crippen molar-refractivity contribution in [3.63, 3.8) is 0 Å². The molecule has 0 atom stereocenters. The zero-order valence-corrected chi connectivity index (χ0v) is 11.9. The van der Waals surface area contributed by atoms with E-state index < -0.39 is 0 Å². The van der Waals surface area contributed by atoms with E-state index in [1.165, 1.54) is 12.4 Å². The zero-order valence-electron chi connectivity index (χ0n) is 11.2. The van der Waals surface area contributed by atoms with Gasteiger partial charge in [-0.25, -0.2) is 9.97 Å². The summed E-state index contributed by atoms with van der Waals surface area (Å²) in [7, 11) is 0. The van der Waals surface area contributed by atoms with E-state index in [1.54, 1.807) is 6.07 Å². The number of aromatic nitrogens is 3. The van der Waals surface area contributed by atoms with Gasteiger partial charge in [0.05, 0.1) is 23.5 Å². The number of fused-ring (bicyclic) bond motifs is 1. The number of aryl methyl sites for hydroxylation is 1. The van der Waals surface area contributed by atoms with Gasteiger partial charge in [0.15, 0.2) is 5.82 Å². The number of rotatable bonds is 2. The van der Waals surface area contributed by atoms with E-state index in [0.29, 0.717) is 11.4 Å². The molecule has 1 aromatic carbocycles. The van der Waals surface area contributed by atoms with Gasteiger partial charge >= 0.3 is 0 Å². The quantitative estimate of drug-likeness (QED) is 0.788. The predicted molar refractivity (Wildman–Crippen MR) is 81.5 cm³/mol. The first-order valence-electron chi connectivity index (χ1n) is 6.29. The summed E-state index contributed by atoms with van der Waals surface area (Å²) in [6.45, 7) is 1.85. The highest BCUT2D eigenvalue weighted by Crippen LogP contribution is 2.19. The Balaban J connectivity index is 1.99. The number of anilines is 1. The van der Waals surface area contributed by atoms with Crippen LogP contribution in [0, 0.1) is 6.92 Å². The van der Waals surface area contributed by atoms with E-state index in [4.69, 9.17) is 11.6 Å². The molecule has 1 amide bonds. The van der Waals surface area contributed by atoms with E-state index in [1.807, 2.05) is 31.2 Å². The number of hydrogen-bond acceptors (Lipinski definition) is 4. The largest absolute Gasteiger partial charge is 0.305 e. The highest BCUT2D eigenvalue weighted by atomic mass is 35.5. The van der Waals surface area contributed by atoms with Crippen molar-refractivity contribution in [3.8, 4) is 0 Å². The molecule has 0 unspecified atom stereocenters. The van der Waals surface area contributed by atoms with E-state index in [2.05, 4.69) is 20.3 Å². The first kappa shape index (κ1) is 13.5. The number of halogens is 1. The molecule has 0 saturated heterocycles. The molecule has 0 aliphatic heterocycles. The highest BCUT2D eigenvalue weighted by molar-refractivity contribution is 6.29. The summed E-state index contributed by atoms with van der Waals surface area (Å²) >= 11 is 5.67. The van der Waals surface area contributed by atoms with Crippen LogP contribution in [0.15, 0.2) is 42.7 Å². The van der Waals surface area contributed by atoms with Crippen LogP contribution in [0.25, 0.3) is 10.9 Å². The third-order valence-corrected chi connectivity index (χ3v) is 3.15. The molecule has 0 bridgehead atoms. The molecule has 2 heterocycles. The average molecular weight is 299 g/mol. The lowest BCUT2D eigenvalue weighted by atomic mass is 10.1. The molecule has 1 N–H and O–H groups in total. The van der Waals surface area contributed by atoms with Gasteiger partial charge in [-0.1, -0.05) is 29.8 Å². The van der Waals surface area contributed by atoms with Gasteiger partial charge in [0.25, 0.3) is 5.91 Å². The summed E-state index contributed by atoms with van der Waals surface area (Å²) in [4.78, 5) is 24.7. The summed E-state index contributed by atoms with van der Waals surface area (Å²) in [5, 5.41) is 3.78. The molecule has 0 radical (unpaired) electrons. The minimum atomic E-state index is -0.256. The van der Waals surface area contributed by atoms with E-state index in [0.717, 1.165) is 16.6 Å². The fourth-order valence-electron chi connectivity index (χ4n) is 2.06. The van der Waals surface area contributed by atoms with Crippen LogP contribution >= 0.6 is 11.6 Å².